The van der Waals surface area contributed by atoms with E-state index in [1.165, 1.54) is 16.2 Å². The van der Waals surface area contributed by atoms with E-state index in [1.807, 2.05) is 31.2 Å². The minimum absolute atomic E-state index is 0.00717. The lowest BCUT2D eigenvalue weighted by atomic mass is 9.95. The number of nitrogens with zero attached hydrogens (tertiary/aromatic N) is 2. The lowest BCUT2D eigenvalue weighted by Gasteiger charge is -2.23. The van der Waals surface area contributed by atoms with Crippen LogP contribution >= 0.6 is 38.9 Å². The SMILES string of the molecule is CCCOc1cccc(C(O)=C2C(=O)C(=O)N(c3nc4ccc(Cl)cc4s3)C2c2ccc(Br)cc2)c1. The molecule has 1 unspecified atom stereocenters. The van der Waals surface area contributed by atoms with Crippen molar-refractivity contribution in [2.24, 2.45) is 0 Å². The number of carbonyl (C=O) groups excluding carboxylic acids is 2. The number of hydrogen-bond acceptors (Lipinski definition) is 6. The number of aromatic nitrogens is 1. The zero-order valence-corrected chi connectivity index (χ0v) is 22.2. The van der Waals surface area contributed by atoms with Gasteiger partial charge in [-0.05, 0) is 54.4 Å². The molecule has 182 valence electrons. The van der Waals surface area contributed by atoms with Crippen molar-refractivity contribution in [3.63, 3.8) is 0 Å². The van der Waals surface area contributed by atoms with Crippen molar-refractivity contribution in [3.8, 4) is 5.75 Å². The van der Waals surface area contributed by atoms with Gasteiger partial charge in [0.1, 0.15) is 11.5 Å². The van der Waals surface area contributed by atoms with Crippen molar-refractivity contribution in [1.29, 1.82) is 0 Å². The van der Waals surface area contributed by atoms with Gasteiger partial charge in [0.05, 0.1) is 28.4 Å². The van der Waals surface area contributed by atoms with Crippen LogP contribution in [-0.4, -0.2) is 28.4 Å². The number of aliphatic hydroxyl groups is 1. The molecule has 5 rings (SSSR count). The number of ketones is 1. The van der Waals surface area contributed by atoms with Gasteiger partial charge in [-0.15, -0.1) is 0 Å². The molecule has 1 N–H and O–H groups in total. The third-order valence-corrected chi connectivity index (χ3v) is 7.54. The van der Waals surface area contributed by atoms with Crippen LogP contribution in [0.25, 0.3) is 16.0 Å². The van der Waals surface area contributed by atoms with Crippen molar-refractivity contribution >= 4 is 71.7 Å². The molecule has 9 heteroatoms. The maximum atomic E-state index is 13.4. The number of benzene rings is 3. The van der Waals surface area contributed by atoms with Gasteiger partial charge in [0.2, 0.25) is 0 Å². The molecule has 1 amide bonds. The highest BCUT2D eigenvalue weighted by Crippen LogP contribution is 2.44. The van der Waals surface area contributed by atoms with Crippen LogP contribution in [0.2, 0.25) is 5.02 Å². The molecular weight excluding hydrogens is 564 g/mol. The van der Waals surface area contributed by atoms with Gasteiger partial charge in [-0.25, -0.2) is 4.98 Å². The van der Waals surface area contributed by atoms with E-state index in [2.05, 4.69) is 20.9 Å². The Kier molecular flexibility index (Phi) is 6.83. The summed E-state index contributed by atoms with van der Waals surface area (Å²) in [4.78, 5) is 32.7. The van der Waals surface area contributed by atoms with Crippen LogP contribution in [0, 0.1) is 0 Å². The average molecular weight is 584 g/mol. The number of rotatable bonds is 6. The normalized spacial score (nSPS) is 17.2. The van der Waals surface area contributed by atoms with E-state index in [-0.39, 0.29) is 11.3 Å². The van der Waals surface area contributed by atoms with Crippen molar-refractivity contribution in [3.05, 3.63) is 92.9 Å². The van der Waals surface area contributed by atoms with Crippen molar-refractivity contribution in [2.75, 3.05) is 11.5 Å². The first-order valence-corrected chi connectivity index (χ1v) is 13.2. The molecule has 36 heavy (non-hydrogen) atoms. The second-order valence-corrected chi connectivity index (χ2v) is 10.6. The molecule has 4 aromatic rings. The van der Waals surface area contributed by atoms with Crippen LogP contribution in [0.3, 0.4) is 0 Å². The van der Waals surface area contributed by atoms with Gasteiger partial charge in [-0.3, -0.25) is 14.5 Å². The number of ether oxygens (including phenoxy) is 1. The van der Waals surface area contributed by atoms with Crippen LogP contribution < -0.4 is 9.64 Å². The highest BCUT2D eigenvalue weighted by molar-refractivity contribution is 9.10. The van der Waals surface area contributed by atoms with Gasteiger partial charge in [0, 0.05) is 15.1 Å². The van der Waals surface area contributed by atoms with E-state index in [9.17, 15) is 14.7 Å². The minimum atomic E-state index is -0.866. The molecule has 0 bridgehead atoms. The summed E-state index contributed by atoms with van der Waals surface area (Å²) in [6.07, 6.45) is 0.832. The third-order valence-electron chi connectivity index (χ3n) is 5.76. The Bertz CT molecular complexity index is 1520. The second-order valence-electron chi connectivity index (χ2n) is 8.21. The predicted molar refractivity (Wildman–Crippen MR) is 146 cm³/mol. The Morgan fingerprint density at radius 1 is 1.14 bits per heavy atom. The van der Waals surface area contributed by atoms with Crippen molar-refractivity contribution in [1.82, 2.24) is 4.98 Å². The number of aliphatic hydroxyl groups excluding tert-OH is 1. The van der Waals surface area contributed by atoms with Gasteiger partial charge < -0.3 is 9.84 Å². The molecule has 1 atom stereocenters. The number of anilines is 1. The molecule has 0 aliphatic carbocycles. The van der Waals surface area contributed by atoms with Gasteiger partial charge in [0.15, 0.2) is 5.13 Å². The summed E-state index contributed by atoms with van der Waals surface area (Å²) in [6.45, 7) is 2.52. The fourth-order valence-corrected chi connectivity index (χ4v) is 5.62. The first-order chi connectivity index (χ1) is 17.4. The van der Waals surface area contributed by atoms with E-state index in [0.29, 0.717) is 39.2 Å². The van der Waals surface area contributed by atoms with Crippen LogP contribution in [0.1, 0.15) is 30.5 Å². The molecule has 0 radical (unpaired) electrons. The van der Waals surface area contributed by atoms with Gasteiger partial charge in [0.25, 0.3) is 5.78 Å². The highest BCUT2D eigenvalue weighted by Gasteiger charge is 2.48. The predicted octanol–water partition coefficient (Wildman–Crippen LogP) is 7.13. The maximum Gasteiger partial charge on any atom is 0.301 e. The Balaban J connectivity index is 1.68. The Morgan fingerprint density at radius 2 is 1.92 bits per heavy atom. The van der Waals surface area contributed by atoms with Crippen LogP contribution in [0.5, 0.6) is 5.75 Å². The molecule has 1 aliphatic rings. The summed E-state index contributed by atoms with van der Waals surface area (Å²) in [5, 5.41) is 12.3. The lowest BCUT2D eigenvalue weighted by Crippen LogP contribution is -2.29. The monoisotopic (exact) mass is 582 g/mol. The number of fused-ring (bicyclic) bond motifs is 1. The summed E-state index contributed by atoms with van der Waals surface area (Å²) in [6, 6.07) is 18.5. The summed E-state index contributed by atoms with van der Waals surface area (Å²) < 4.78 is 7.33. The van der Waals surface area contributed by atoms with Gasteiger partial charge in [-0.1, -0.05) is 70.1 Å². The number of thiazole rings is 1. The number of hydrogen-bond donors (Lipinski definition) is 1. The van der Waals surface area contributed by atoms with Crippen LogP contribution in [0.15, 0.2) is 76.8 Å². The molecule has 3 aromatic carbocycles. The smallest absolute Gasteiger partial charge is 0.301 e. The maximum absolute atomic E-state index is 13.4. The number of halogens is 2. The largest absolute Gasteiger partial charge is 0.507 e. The summed E-state index contributed by atoms with van der Waals surface area (Å²) in [5.41, 5.74) is 1.71. The standard InChI is InChI=1S/C27H20BrClN2O4S/c1-2-12-35-19-5-3-4-16(13-19)24(32)22-23(15-6-8-17(28)9-7-15)31(26(34)25(22)33)27-30-20-11-10-18(29)14-21(20)36-27/h3-11,13-14,23,32H,2,12H2,1H3. The molecule has 1 aromatic heterocycles. The molecule has 2 heterocycles. The summed E-state index contributed by atoms with van der Waals surface area (Å²) >= 11 is 10.8. The lowest BCUT2D eigenvalue weighted by molar-refractivity contribution is -0.132. The molecule has 0 spiro atoms. The second kappa shape index (κ2) is 10.0. The molecule has 1 aliphatic heterocycles. The van der Waals surface area contributed by atoms with Crippen LogP contribution in [0.4, 0.5) is 5.13 Å². The zero-order chi connectivity index (χ0) is 25.4. The first kappa shape index (κ1) is 24.5. The highest BCUT2D eigenvalue weighted by atomic mass is 79.9. The quantitative estimate of drug-likeness (QED) is 0.148. The van der Waals surface area contributed by atoms with E-state index < -0.39 is 17.7 Å². The number of amides is 1. The van der Waals surface area contributed by atoms with Crippen LogP contribution in [-0.2, 0) is 9.59 Å². The zero-order valence-electron chi connectivity index (χ0n) is 19.1. The fraction of sp³-hybridized carbons (Fsp3) is 0.148. The van der Waals surface area contributed by atoms with Gasteiger partial charge >= 0.3 is 5.91 Å². The van der Waals surface area contributed by atoms with E-state index in [0.717, 1.165) is 15.6 Å². The molecule has 0 saturated carbocycles. The van der Waals surface area contributed by atoms with E-state index in [4.69, 9.17) is 16.3 Å². The molecule has 6 nitrogen and oxygen atoms in total. The van der Waals surface area contributed by atoms with Crippen molar-refractivity contribution < 1.29 is 19.4 Å². The Hall–Kier alpha value is -3.20. The molecule has 1 fully saturated rings. The topological polar surface area (TPSA) is 79.7 Å². The molecular formula is C27H20BrClN2O4S. The number of Topliss-reactive ketones (excluding diaryl/α,β-unsaturated/α-hetero) is 1. The number of carbonyl (C=O) groups is 2. The summed E-state index contributed by atoms with van der Waals surface area (Å²) in [5.74, 6) is -1.24. The van der Waals surface area contributed by atoms with E-state index >= 15 is 0 Å². The fourth-order valence-electron chi connectivity index (χ4n) is 4.09. The first-order valence-electron chi connectivity index (χ1n) is 11.2. The van der Waals surface area contributed by atoms with E-state index in [1.54, 1.807) is 42.5 Å². The van der Waals surface area contributed by atoms with Crippen molar-refractivity contribution in [2.45, 2.75) is 19.4 Å². The van der Waals surface area contributed by atoms with Gasteiger partial charge in [-0.2, -0.15) is 0 Å². The molecule has 1 saturated heterocycles. The Morgan fingerprint density at radius 3 is 2.67 bits per heavy atom. The Labute approximate surface area is 224 Å². The summed E-state index contributed by atoms with van der Waals surface area (Å²) in [7, 11) is 0. The average Bonchev–Trinajstić information content (AvgIpc) is 3.40. The third kappa shape index (κ3) is 4.52. The minimum Gasteiger partial charge on any atom is -0.507 e.